The molecule has 0 saturated heterocycles. The highest BCUT2D eigenvalue weighted by Gasteiger charge is 2.24. The van der Waals surface area contributed by atoms with Gasteiger partial charge in [-0.15, -0.1) is 0 Å². The van der Waals surface area contributed by atoms with Gasteiger partial charge in [-0.1, -0.05) is 39.8 Å². The van der Waals surface area contributed by atoms with Crippen LogP contribution in [0.3, 0.4) is 0 Å². The van der Waals surface area contributed by atoms with Crippen molar-refractivity contribution in [1.29, 1.82) is 0 Å². The third-order valence-electron chi connectivity index (χ3n) is 4.50. The molecule has 0 aromatic heterocycles. The Hall–Kier alpha value is -1.02. The molecule has 0 aliphatic heterocycles. The van der Waals surface area contributed by atoms with Crippen molar-refractivity contribution in [3.63, 3.8) is 0 Å². The number of nitrogens with zero attached hydrogens (tertiary/aromatic N) is 1. The average molecular weight is 276 g/mol. The molecule has 0 bridgehead atoms. The van der Waals surface area contributed by atoms with Gasteiger partial charge in [0.1, 0.15) is 0 Å². The summed E-state index contributed by atoms with van der Waals surface area (Å²) in [5.41, 5.74) is 10.3. The summed E-state index contributed by atoms with van der Waals surface area (Å²) in [5.74, 6) is 0. The Morgan fingerprint density at radius 3 is 2.30 bits per heavy atom. The lowest BCUT2D eigenvalue weighted by Gasteiger charge is -2.37. The van der Waals surface area contributed by atoms with Crippen LogP contribution in [-0.4, -0.2) is 19.1 Å². The minimum atomic E-state index is 0.268. The molecule has 0 heterocycles. The molecular weight excluding hydrogens is 244 g/mol. The van der Waals surface area contributed by atoms with Crippen LogP contribution >= 0.6 is 0 Å². The van der Waals surface area contributed by atoms with E-state index in [2.05, 4.69) is 71.7 Å². The number of rotatable bonds is 5. The molecule has 20 heavy (non-hydrogen) atoms. The average Bonchev–Trinajstić information content (AvgIpc) is 2.36. The van der Waals surface area contributed by atoms with E-state index in [4.69, 9.17) is 5.73 Å². The van der Waals surface area contributed by atoms with Crippen molar-refractivity contribution in [3.05, 3.63) is 29.3 Å². The Morgan fingerprint density at radius 1 is 1.25 bits per heavy atom. The fourth-order valence-corrected chi connectivity index (χ4v) is 2.48. The molecule has 114 valence electrons. The fraction of sp³-hybridized carbons (Fsp3) is 0.667. The highest BCUT2D eigenvalue weighted by molar-refractivity contribution is 5.55. The van der Waals surface area contributed by atoms with Crippen LogP contribution in [0.15, 0.2) is 18.2 Å². The minimum Gasteiger partial charge on any atom is -0.371 e. The van der Waals surface area contributed by atoms with Crippen molar-refractivity contribution in [3.8, 4) is 0 Å². The monoisotopic (exact) mass is 276 g/mol. The summed E-state index contributed by atoms with van der Waals surface area (Å²) in [7, 11) is 2.19. The lowest BCUT2D eigenvalue weighted by molar-refractivity contribution is 0.329. The van der Waals surface area contributed by atoms with Crippen LogP contribution in [0.4, 0.5) is 5.69 Å². The van der Waals surface area contributed by atoms with Gasteiger partial charge in [0.15, 0.2) is 0 Å². The number of anilines is 1. The lowest BCUT2D eigenvalue weighted by Crippen LogP contribution is -2.39. The van der Waals surface area contributed by atoms with E-state index in [1.165, 1.54) is 16.8 Å². The normalized spacial score (nSPS) is 15.0. The van der Waals surface area contributed by atoms with Gasteiger partial charge < -0.3 is 10.6 Å². The summed E-state index contributed by atoms with van der Waals surface area (Å²) < 4.78 is 0. The smallest absolute Gasteiger partial charge is 0.0396 e. The maximum absolute atomic E-state index is 6.05. The molecule has 1 rings (SSSR count). The van der Waals surface area contributed by atoms with Crippen LogP contribution in [0.1, 0.15) is 52.2 Å². The molecule has 0 fully saturated rings. The van der Waals surface area contributed by atoms with E-state index >= 15 is 0 Å². The SMILES string of the molecule is CCC(N)Cc1ccc(N(C)C(C)C(C)(C)C)c(C)c1. The van der Waals surface area contributed by atoms with Crippen LogP contribution in [0.5, 0.6) is 0 Å². The molecule has 2 unspecified atom stereocenters. The molecule has 0 saturated carbocycles. The summed E-state index contributed by atoms with van der Waals surface area (Å²) in [4.78, 5) is 2.39. The Labute approximate surface area is 125 Å². The van der Waals surface area contributed by atoms with E-state index in [0.717, 1.165) is 12.8 Å². The first-order valence-corrected chi connectivity index (χ1v) is 7.74. The van der Waals surface area contributed by atoms with Crippen molar-refractivity contribution in [1.82, 2.24) is 0 Å². The van der Waals surface area contributed by atoms with Crippen molar-refractivity contribution < 1.29 is 0 Å². The fourth-order valence-electron chi connectivity index (χ4n) is 2.48. The Bertz CT molecular complexity index is 432. The highest BCUT2D eigenvalue weighted by Crippen LogP contribution is 2.29. The molecular formula is C18H32N2. The van der Waals surface area contributed by atoms with Gasteiger partial charge in [-0.2, -0.15) is 0 Å². The number of hydrogen-bond acceptors (Lipinski definition) is 2. The van der Waals surface area contributed by atoms with Crippen LogP contribution < -0.4 is 10.6 Å². The van der Waals surface area contributed by atoms with E-state index in [1.54, 1.807) is 0 Å². The number of nitrogens with two attached hydrogens (primary N) is 1. The Balaban J connectivity index is 2.93. The predicted octanol–water partition coefficient (Wildman–Crippen LogP) is 4.15. The van der Waals surface area contributed by atoms with E-state index in [1.807, 2.05) is 0 Å². The summed E-state index contributed by atoms with van der Waals surface area (Å²) in [5, 5.41) is 0. The van der Waals surface area contributed by atoms with Crippen LogP contribution in [-0.2, 0) is 6.42 Å². The van der Waals surface area contributed by atoms with E-state index in [9.17, 15) is 0 Å². The number of aryl methyl sites for hydroxylation is 1. The largest absolute Gasteiger partial charge is 0.371 e. The van der Waals surface area contributed by atoms with Gasteiger partial charge in [0.05, 0.1) is 0 Å². The summed E-state index contributed by atoms with van der Waals surface area (Å²) in [6.45, 7) is 13.5. The molecule has 0 aliphatic rings. The second-order valence-corrected chi connectivity index (χ2v) is 7.15. The van der Waals surface area contributed by atoms with E-state index in [-0.39, 0.29) is 11.5 Å². The minimum absolute atomic E-state index is 0.268. The standard InChI is InChI=1S/C18H32N2/c1-8-16(19)12-15-9-10-17(13(2)11-15)20(7)14(3)18(4,5)6/h9-11,14,16H,8,12,19H2,1-7H3. The predicted molar refractivity (Wildman–Crippen MR) is 90.5 cm³/mol. The number of benzene rings is 1. The first kappa shape index (κ1) is 17.0. The van der Waals surface area contributed by atoms with E-state index < -0.39 is 0 Å². The molecule has 1 aromatic rings. The van der Waals surface area contributed by atoms with Gasteiger partial charge in [-0.05, 0) is 49.3 Å². The number of hydrogen-bond donors (Lipinski definition) is 1. The van der Waals surface area contributed by atoms with Crippen molar-refractivity contribution in [2.75, 3.05) is 11.9 Å². The molecule has 0 aliphatic carbocycles. The molecule has 2 N–H and O–H groups in total. The van der Waals surface area contributed by atoms with Gasteiger partial charge in [0.25, 0.3) is 0 Å². The highest BCUT2D eigenvalue weighted by atomic mass is 15.1. The molecule has 2 heteroatoms. The van der Waals surface area contributed by atoms with Crippen molar-refractivity contribution in [2.24, 2.45) is 11.1 Å². The third kappa shape index (κ3) is 4.24. The summed E-state index contributed by atoms with van der Waals surface area (Å²) in [6.07, 6.45) is 2.00. The molecule has 0 radical (unpaired) electrons. The molecule has 0 amide bonds. The summed E-state index contributed by atoms with van der Waals surface area (Å²) in [6, 6.07) is 7.52. The third-order valence-corrected chi connectivity index (χ3v) is 4.50. The topological polar surface area (TPSA) is 29.3 Å². The summed E-state index contributed by atoms with van der Waals surface area (Å²) >= 11 is 0. The molecule has 2 nitrogen and oxygen atoms in total. The molecule has 1 aromatic carbocycles. The second kappa shape index (κ2) is 6.62. The van der Waals surface area contributed by atoms with Crippen LogP contribution in [0.2, 0.25) is 0 Å². The van der Waals surface area contributed by atoms with Crippen LogP contribution in [0.25, 0.3) is 0 Å². The van der Waals surface area contributed by atoms with Crippen LogP contribution in [0, 0.1) is 12.3 Å². The zero-order chi connectivity index (χ0) is 15.5. The Kier molecular flexibility index (Phi) is 5.64. The zero-order valence-corrected chi connectivity index (χ0v) is 14.3. The van der Waals surface area contributed by atoms with Gasteiger partial charge in [-0.3, -0.25) is 0 Å². The van der Waals surface area contributed by atoms with Gasteiger partial charge in [0.2, 0.25) is 0 Å². The molecule has 0 spiro atoms. The quantitative estimate of drug-likeness (QED) is 0.875. The van der Waals surface area contributed by atoms with Crippen molar-refractivity contribution >= 4 is 5.69 Å². The zero-order valence-electron chi connectivity index (χ0n) is 14.3. The van der Waals surface area contributed by atoms with Gasteiger partial charge in [-0.25, -0.2) is 0 Å². The van der Waals surface area contributed by atoms with Gasteiger partial charge >= 0.3 is 0 Å². The Morgan fingerprint density at radius 2 is 1.85 bits per heavy atom. The maximum Gasteiger partial charge on any atom is 0.0396 e. The first-order chi connectivity index (χ1) is 9.16. The van der Waals surface area contributed by atoms with Crippen molar-refractivity contribution in [2.45, 2.75) is 66.5 Å². The molecule has 2 atom stereocenters. The lowest BCUT2D eigenvalue weighted by atomic mass is 9.86. The van der Waals surface area contributed by atoms with Gasteiger partial charge in [0, 0.05) is 24.8 Å². The van der Waals surface area contributed by atoms with E-state index in [0.29, 0.717) is 6.04 Å². The maximum atomic E-state index is 6.05. The first-order valence-electron chi connectivity index (χ1n) is 7.74. The second-order valence-electron chi connectivity index (χ2n) is 7.15.